The zero-order valence-corrected chi connectivity index (χ0v) is 31.4. The molecule has 0 saturated carbocycles. The Balaban J connectivity index is 1.81. The normalized spacial score (nSPS) is 15.2. The van der Waals surface area contributed by atoms with E-state index in [4.69, 9.17) is 0 Å². The molecule has 0 fully saturated rings. The number of benzene rings is 1. The van der Waals surface area contributed by atoms with E-state index in [9.17, 15) is 57.9 Å². The first-order chi connectivity index (χ1) is 31.2. The molecule has 3 aromatic heterocycles. The van der Waals surface area contributed by atoms with E-state index in [0.717, 1.165) is 6.92 Å². The standard InChI is InChI=1S/C42H3F6N17/c1-13-14(2-49)20(8-55)61-40(60-13)17(5-52)25-34(43)28-29(35(25)44)31-33(39(48)27(37(31)46)19(7-54)42-64-23(11-58)16(4-51)24(12-59)65-42)32-30(28)36(45)26(38(32)47)18(6-53)41-62-21(9-56)15(3-50)22(10-57)63-41/h1H3/b25-17-,26-18+,27-19-. The van der Waals surface area contributed by atoms with Crippen molar-refractivity contribution in [2.75, 3.05) is 0 Å². The Bertz CT molecular complexity index is 3870. The largest absolute Gasteiger partial charge is 0.231 e. The molecule has 0 aliphatic heterocycles. The number of halogens is 6. The third-order valence-electron chi connectivity index (χ3n) is 9.66. The van der Waals surface area contributed by atoms with Crippen molar-refractivity contribution in [1.82, 2.24) is 29.9 Å². The van der Waals surface area contributed by atoms with Gasteiger partial charge in [-0.2, -0.15) is 57.9 Å². The molecule has 0 bridgehead atoms. The summed E-state index contributed by atoms with van der Waals surface area (Å²) in [6.45, 7) is 1.16. The molecule has 0 amide bonds. The van der Waals surface area contributed by atoms with Crippen LogP contribution in [0.15, 0.2) is 16.7 Å². The minimum absolute atomic E-state index is 0.279. The van der Waals surface area contributed by atoms with E-state index in [-0.39, 0.29) is 5.69 Å². The van der Waals surface area contributed by atoms with Crippen molar-refractivity contribution >= 4 is 51.7 Å². The third kappa shape index (κ3) is 5.70. The average Bonchev–Trinajstić information content (AvgIpc) is 3.83. The van der Waals surface area contributed by atoms with E-state index in [0.29, 0.717) is 0 Å². The first-order valence-electron chi connectivity index (χ1n) is 17.0. The summed E-state index contributed by atoms with van der Waals surface area (Å²) in [5, 5.41) is 98.6. The number of aromatic nitrogens is 6. The van der Waals surface area contributed by atoms with E-state index in [1.165, 1.54) is 54.6 Å². The first kappa shape index (κ1) is 42.0. The molecule has 0 spiro atoms. The van der Waals surface area contributed by atoms with Gasteiger partial charge in [-0.15, -0.1) is 0 Å². The maximum atomic E-state index is 17.2. The molecule has 3 aliphatic rings. The molecule has 0 unspecified atom stereocenters. The number of rotatable bonds is 3. The molecule has 3 heterocycles. The van der Waals surface area contributed by atoms with Crippen LogP contribution in [0, 0.1) is 132 Å². The van der Waals surface area contributed by atoms with E-state index >= 15 is 26.3 Å². The second-order valence-electron chi connectivity index (χ2n) is 12.7. The highest BCUT2D eigenvalue weighted by molar-refractivity contribution is 6.04. The van der Waals surface area contributed by atoms with Gasteiger partial charge in [-0.3, -0.25) is 0 Å². The summed E-state index contributed by atoms with van der Waals surface area (Å²) in [6, 6.07) is 16.0. The molecule has 0 saturated heterocycles. The lowest BCUT2D eigenvalue weighted by atomic mass is 10.1. The number of nitriles is 11. The Labute approximate surface area is 355 Å². The Hall–Kier alpha value is -11.1. The SMILES string of the molecule is Cc1nc(/C(C#N)=C2/C(F)=c3c4c(c5c(c3=C2F)=C(F)/C(=C(\C#N)c2nc(C#N)c(C#N)c(C#N)n2)C=5F)=C(F)/C(=C(\C#N)c2nc(C#N)c(C#N)c(C#N)n2)C=4F)nc(C#N)c1C#N. The summed E-state index contributed by atoms with van der Waals surface area (Å²) in [4.78, 5) is 22.2. The number of aryl methyl sites for hydroxylation is 1. The predicted molar refractivity (Wildman–Crippen MR) is 197 cm³/mol. The minimum atomic E-state index is -2.04. The van der Waals surface area contributed by atoms with Crippen molar-refractivity contribution in [1.29, 1.82) is 57.9 Å². The lowest BCUT2D eigenvalue weighted by Gasteiger charge is -2.06. The van der Waals surface area contributed by atoms with Crippen molar-refractivity contribution in [2.45, 2.75) is 6.92 Å². The van der Waals surface area contributed by atoms with Crippen molar-refractivity contribution in [3.63, 3.8) is 0 Å². The number of fused-ring (bicyclic) bond motifs is 6. The first-order valence-corrected chi connectivity index (χ1v) is 17.0. The molecule has 0 N–H and O–H groups in total. The number of nitrogens with zero attached hydrogens (tertiary/aromatic N) is 17. The lowest BCUT2D eigenvalue weighted by Crippen LogP contribution is -2.64. The van der Waals surface area contributed by atoms with Crippen LogP contribution >= 0.6 is 0 Å². The summed E-state index contributed by atoms with van der Waals surface area (Å²) in [6.07, 6.45) is 0. The molecule has 1 aromatic carbocycles. The fourth-order valence-corrected chi connectivity index (χ4v) is 7.00. The predicted octanol–water partition coefficient (Wildman–Crippen LogP) is 0.778. The van der Waals surface area contributed by atoms with Crippen LogP contribution in [0.25, 0.3) is 51.7 Å². The molecule has 7 rings (SSSR count). The maximum Gasteiger partial charge on any atom is 0.173 e. The molecular formula is C42H3F6N17. The minimum Gasteiger partial charge on any atom is -0.231 e. The second kappa shape index (κ2) is 15.5. The van der Waals surface area contributed by atoms with Crippen molar-refractivity contribution < 1.29 is 26.3 Å². The van der Waals surface area contributed by atoms with E-state index in [2.05, 4.69) is 29.9 Å². The second-order valence-corrected chi connectivity index (χ2v) is 12.7. The van der Waals surface area contributed by atoms with Crippen LogP contribution in [0.1, 0.15) is 68.3 Å². The molecular weight excluding hydrogens is 857 g/mol. The van der Waals surface area contributed by atoms with Gasteiger partial charge in [0.05, 0.1) is 22.4 Å². The van der Waals surface area contributed by atoms with Gasteiger partial charge in [0.1, 0.15) is 135 Å². The quantitative estimate of drug-likeness (QED) is 0.203. The highest BCUT2D eigenvalue weighted by atomic mass is 19.2. The van der Waals surface area contributed by atoms with Crippen LogP contribution < -0.4 is 31.3 Å². The van der Waals surface area contributed by atoms with Crippen molar-refractivity contribution in [3.05, 3.63) is 116 Å². The molecule has 17 nitrogen and oxygen atoms in total. The van der Waals surface area contributed by atoms with Gasteiger partial charge in [0.15, 0.2) is 45.9 Å². The molecule has 65 heavy (non-hydrogen) atoms. The van der Waals surface area contributed by atoms with Crippen LogP contribution in [-0.2, 0) is 0 Å². The average molecular weight is 860 g/mol. The topological polar surface area (TPSA) is 339 Å². The number of allylic oxidation sites excluding steroid dienone is 6. The van der Waals surface area contributed by atoms with Gasteiger partial charge in [-0.05, 0) is 6.92 Å². The van der Waals surface area contributed by atoms with Crippen LogP contribution in [0.3, 0.4) is 0 Å². The molecule has 298 valence electrons. The summed E-state index contributed by atoms with van der Waals surface area (Å²) in [5.41, 5.74) is -14.7. The summed E-state index contributed by atoms with van der Waals surface area (Å²) in [5.74, 6) is -15.2. The highest BCUT2D eigenvalue weighted by Crippen LogP contribution is 2.37. The number of hydrogen-bond acceptors (Lipinski definition) is 17. The Morgan fingerprint density at radius 1 is 0.323 bits per heavy atom. The van der Waals surface area contributed by atoms with Gasteiger partial charge in [0, 0.05) is 31.3 Å². The van der Waals surface area contributed by atoms with Crippen molar-refractivity contribution in [3.8, 4) is 66.8 Å². The number of hydrogen-bond donors (Lipinski definition) is 0. The van der Waals surface area contributed by atoms with Gasteiger partial charge >= 0.3 is 0 Å². The molecule has 23 heteroatoms. The summed E-state index contributed by atoms with van der Waals surface area (Å²) >= 11 is 0. The smallest absolute Gasteiger partial charge is 0.173 e. The van der Waals surface area contributed by atoms with Gasteiger partial charge < -0.3 is 0 Å². The highest BCUT2D eigenvalue weighted by Gasteiger charge is 2.39. The van der Waals surface area contributed by atoms with Crippen LogP contribution in [0.4, 0.5) is 26.3 Å². The fraction of sp³-hybridized carbons (Fsp3) is 0.0238. The van der Waals surface area contributed by atoms with Gasteiger partial charge in [-0.1, -0.05) is 0 Å². The fourth-order valence-electron chi connectivity index (χ4n) is 7.00. The third-order valence-corrected chi connectivity index (χ3v) is 9.66. The Kier molecular flexibility index (Phi) is 10.0. The van der Waals surface area contributed by atoms with Crippen LogP contribution in [-0.4, -0.2) is 29.9 Å². The van der Waals surface area contributed by atoms with Crippen LogP contribution in [0.5, 0.6) is 0 Å². The van der Waals surface area contributed by atoms with Crippen LogP contribution in [0.2, 0.25) is 0 Å². The lowest BCUT2D eigenvalue weighted by molar-refractivity contribution is 0.725. The summed E-state index contributed by atoms with van der Waals surface area (Å²) in [7, 11) is 0. The van der Waals surface area contributed by atoms with Gasteiger partial charge in [-0.25, -0.2) is 56.2 Å². The molecule has 4 aromatic rings. The monoisotopic (exact) mass is 859 g/mol. The van der Waals surface area contributed by atoms with E-state index in [1.807, 2.05) is 0 Å². The molecule has 0 radical (unpaired) electrons. The Morgan fingerprint density at radius 2 is 0.538 bits per heavy atom. The molecule has 0 atom stereocenters. The molecule has 3 aliphatic carbocycles. The van der Waals surface area contributed by atoms with Gasteiger partial charge in [0.25, 0.3) is 0 Å². The van der Waals surface area contributed by atoms with Crippen molar-refractivity contribution in [2.24, 2.45) is 0 Å². The maximum absolute atomic E-state index is 17.2. The van der Waals surface area contributed by atoms with E-state index < -0.39 is 162 Å². The van der Waals surface area contributed by atoms with Gasteiger partial charge in [0.2, 0.25) is 0 Å². The van der Waals surface area contributed by atoms with E-state index in [1.54, 1.807) is 12.1 Å². The summed E-state index contributed by atoms with van der Waals surface area (Å²) < 4.78 is 103. The zero-order valence-electron chi connectivity index (χ0n) is 31.4. The Morgan fingerprint density at radius 3 is 0.738 bits per heavy atom. The zero-order chi connectivity index (χ0) is 47.3.